The molecule has 3 aromatic heterocycles. The maximum absolute atomic E-state index is 12.7. The molecule has 136 valence electrons. The van der Waals surface area contributed by atoms with Crippen molar-refractivity contribution >= 4 is 17.2 Å². The van der Waals surface area contributed by atoms with Crippen molar-refractivity contribution < 1.29 is 9.21 Å². The van der Waals surface area contributed by atoms with Crippen LogP contribution < -0.4 is 11.0 Å². The standard InChI is InChI=1S/C17H20N6O3/c1-21-14-9-18-11-20-15(14)23(17(21)25)12-4-2-6-22(10-12)16(24)19-8-13-5-3-7-26-13/h3,5,7,9,11-12H,2,4,6,8,10H2,1H3,(H,19,24)/t12-/m0/s1. The van der Waals surface area contributed by atoms with E-state index in [4.69, 9.17) is 4.42 Å². The van der Waals surface area contributed by atoms with Gasteiger partial charge in [-0.05, 0) is 25.0 Å². The summed E-state index contributed by atoms with van der Waals surface area (Å²) < 4.78 is 8.46. The van der Waals surface area contributed by atoms with Gasteiger partial charge in [-0.2, -0.15) is 0 Å². The number of aromatic nitrogens is 4. The van der Waals surface area contributed by atoms with E-state index >= 15 is 0 Å². The molecular weight excluding hydrogens is 336 g/mol. The van der Waals surface area contributed by atoms with Crippen LogP contribution >= 0.6 is 0 Å². The van der Waals surface area contributed by atoms with Crippen molar-refractivity contribution in [1.82, 2.24) is 29.3 Å². The number of imidazole rings is 1. The van der Waals surface area contributed by atoms with Gasteiger partial charge in [0.1, 0.15) is 17.6 Å². The van der Waals surface area contributed by atoms with E-state index in [2.05, 4.69) is 15.3 Å². The van der Waals surface area contributed by atoms with E-state index in [1.54, 1.807) is 39.6 Å². The van der Waals surface area contributed by atoms with Crippen LogP contribution in [0, 0.1) is 0 Å². The molecule has 9 nitrogen and oxygen atoms in total. The lowest BCUT2D eigenvalue weighted by atomic mass is 10.1. The summed E-state index contributed by atoms with van der Waals surface area (Å²) in [5, 5.41) is 2.86. The third-order valence-electron chi connectivity index (χ3n) is 4.80. The fourth-order valence-electron chi connectivity index (χ4n) is 3.46. The smallest absolute Gasteiger partial charge is 0.330 e. The largest absolute Gasteiger partial charge is 0.467 e. The minimum absolute atomic E-state index is 0.107. The molecule has 1 aliphatic rings. The van der Waals surface area contributed by atoms with E-state index in [1.807, 2.05) is 6.07 Å². The molecular formula is C17H20N6O3. The SMILES string of the molecule is Cn1c(=O)n([C@H]2CCCN(C(=O)NCc3ccco3)C2)c2ncncc21. The van der Waals surface area contributed by atoms with E-state index in [9.17, 15) is 9.59 Å². The molecule has 4 rings (SSSR count). The Kier molecular flexibility index (Phi) is 4.19. The lowest BCUT2D eigenvalue weighted by Crippen LogP contribution is -2.47. The van der Waals surface area contributed by atoms with Crippen LogP contribution in [-0.2, 0) is 13.6 Å². The van der Waals surface area contributed by atoms with Crippen LogP contribution in [0.4, 0.5) is 4.79 Å². The fourth-order valence-corrected chi connectivity index (χ4v) is 3.46. The Hall–Kier alpha value is -3.10. The third-order valence-corrected chi connectivity index (χ3v) is 4.80. The normalized spacial score (nSPS) is 17.6. The number of urea groups is 1. The molecule has 1 N–H and O–H groups in total. The number of piperidine rings is 1. The Bertz CT molecular complexity index is 974. The van der Waals surface area contributed by atoms with Gasteiger partial charge in [0.05, 0.1) is 25.0 Å². The lowest BCUT2D eigenvalue weighted by molar-refractivity contribution is 0.165. The number of likely N-dealkylation sites (tertiary alicyclic amines) is 1. The zero-order valence-electron chi connectivity index (χ0n) is 14.5. The average molecular weight is 356 g/mol. The second kappa shape index (κ2) is 6.66. The molecule has 2 amide bonds. The van der Waals surface area contributed by atoms with Gasteiger partial charge in [0.2, 0.25) is 0 Å². The Morgan fingerprint density at radius 3 is 3.15 bits per heavy atom. The number of fused-ring (bicyclic) bond motifs is 1. The predicted molar refractivity (Wildman–Crippen MR) is 93.6 cm³/mol. The Balaban J connectivity index is 1.53. The number of furan rings is 1. The molecule has 0 unspecified atom stereocenters. The van der Waals surface area contributed by atoms with Gasteiger partial charge in [0.15, 0.2) is 5.65 Å². The highest BCUT2D eigenvalue weighted by Gasteiger charge is 2.28. The number of amides is 2. The number of nitrogens with one attached hydrogen (secondary N) is 1. The quantitative estimate of drug-likeness (QED) is 0.762. The Morgan fingerprint density at radius 2 is 2.35 bits per heavy atom. The van der Waals surface area contributed by atoms with Crippen LogP contribution in [0.3, 0.4) is 0 Å². The van der Waals surface area contributed by atoms with Crippen molar-refractivity contribution in [1.29, 1.82) is 0 Å². The molecule has 1 atom stereocenters. The van der Waals surface area contributed by atoms with Gasteiger partial charge in [0.25, 0.3) is 0 Å². The van der Waals surface area contributed by atoms with Crippen LogP contribution in [-0.4, -0.2) is 43.1 Å². The van der Waals surface area contributed by atoms with Crippen LogP contribution in [0.25, 0.3) is 11.2 Å². The number of hydrogen-bond acceptors (Lipinski definition) is 5. The van der Waals surface area contributed by atoms with Gasteiger partial charge < -0.3 is 14.6 Å². The molecule has 0 aliphatic carbocycles. The highest BCUT2D eigenvalue weighted by atomic mass is 16.3. The topological polar surface area (TPSA) is 98.2 Å². The summed E-state index contributed by atoms with van der Waals surface area (Å²) in [5.74, 6) is 0.703. The van der Waals surface area contributed by atoms with E-state index in [-0.39, 0.29) is 17.8 Å². The van der Waals surface area contributed by atoms with Gasteiger partial charge in [0, 0.05) is 20.1 Å². The summed E-state index contributed by atoms with van der Waals surface area (Å²) in [6.07, 6.45) is 6.30. The minimum atomic E-state index is -0.158. The summed E-state index contributed by atoms with van der Waals surface area (Å²) in [5.41, 5.74) is 1.16. The summed E-state index contributed by atoms with van der Waals surface area (Å²) in [6, 6.07) is 3.33. The number of carbonyl (C=O) groups excluding carboxylic acids is 1. The molecule has 4 heterocycles. The molecule has 1 saturated heterocycles. The molecule has 0 spiro atoms. The first-order valence-corrected chi connectivity index (χ1v) is 8.57. The monoisotopic (exact) mass is 356 g/mol. The molecule has 26 heavy (non-hydrogen) atoms. The van der Waals surface area contributed by atoms with Crippen molar-refractivity contribution in [2.24, 2.45) is 7.05 Å². The predicted octanol–water partition coefficient (Wildman–Crippen LogP) is 1.27. The van der Waals surface area contributed by atoms with Gasteiger partial charge in [-0.1, -0.05) is 0 Å². The van der Waals surface area contributed by atoms with E-state index in [0.29, 0.717) is 36.6 Å². The highest BCUT2D eigenvalue weighted by Crippen LogP contribution is 2.23. The average Bonchev–Trinajstić information content (AvgIpc) is 3.27. The second-order valence-electron chi connectivity index (χ2n) is 6.42. The molecule has 0 aromatic carbocycles. The highest BCUT2D eigenvalue weighted by molar-refractivity contribution is 5.74. The van der Waals surface area contributed by atoms with Gasteiger partial charge in [-0.3, -0.25) is 9.13 Å². The van der Waals surface area contributed by atoms with Crippen LogP contribution in [0.2, 0.25) is 0 Å². The van der Waals surface area contributed by atoms with Gasteiger partial charge in [-0.25, -0.2) is 19.6 Å². The van der Waals surface area contributed by atoms with Crippen LogP contribution in [0.5, 0.6) is 0 Å². The maximum Gasteiger partial charge on any atom is 0.330 e. The van der Waals surface area contributed by atoms with Crippen molar-refractivity contribution in [2.45, 2.75) is 25.4 Å². The molecule has 1 aliphatic heterocycles. The maximum atomic E-state index is 12.7. The summed E-state index contributed by atoms with van der Waals surface area (Å²) in [6.45, 7) is 1.47. The summed E-state index contributed by atoms with van der Waals surface area (Å²) in [4.78, 5) is 35.2. The number of aryl methyl sites for hydroxylation is 1. The molecule has 0 radical (unpaired) electrons. The summed E-state index contributed by atoms with van der Waals surface area (Å²) in [7, 11) is 1.71. The summed E-state index contributed by atoms with van der Waals surface area (Å²) >= 11 is 0. The zero-order chi connectivity index (χ0) is 18.1. The number of rotatable bonds is 3. The van der Waals surface area contributed by atoms with Crippen molar-refractivity contribution in [3.63, 3.8) is 0 Å². The minimum Gasteiger partial charge on any atom is -0.467 e. The number of hydrogen-bond donors (Lipinski definition) is 1. The fraction of sp³-hybridized carbons (Fsp3) is 0.412. The van der Waals surface area contributed by atoms with Gasteiger partial charge in [-0.15, -0.1) is 0 Å². The first kappa shape index (κ1) is 16.4. The third kappa shape index (κ3) is 2.85. The molecule has 0 bridgehead atoms. The molecule has 9 heteroatoms. The number of carbonyl (C=O) groups is 1. The Labute approximate surface area is 149 Å². The van der Waals surface area contributed by atoms with Gasteiger partial charge >= 0.3 is 11.7 Å². The van der Waals surface area contributed by atoms with Crippen molar-refractivity contribution in [3.05, 3.63) is 47.2 Å². The van der Waals surface area contributed by atoms with E-state index < -0.39 is 0 Å². The molecule has 3 aromatic rings. The lowest BCUT2D eigenvalue weighted by Gasteiger charge is -2.33. The van der Waals surface area contributed by atoms with Crippen molar-refractivity contribution in [2.75, 3.05) is 13.1 Å². The van der Waals surface area contributed by atoms with E-state index in [0.717, 1.165) is 12.8 Å². The second-order valence-corrected chi connectivity index (χ2v) is 6.42. The number of nitrogens with zero attached hydrogens (tertiary/aromatic N) is 5. The van der Waals surface area contributed by atoms with Crippen LogP contribution in [0.1, 0.15) is 24.6 Å². The van der Waals surface area contributed by atoms with Crippen molar-refractivity contribution in [3.8, 4) is 0 Å². The van der Waals surface area contributed by atoms with E-state index in [1.165, 1.54) is 6.33 Å². The first-order chi connectivity index (χ1) is 12.6. The molecule has 0 saturated carbocycles. The Morgan fingerprint density at radius 1 is 1.46 bits per heavy atom. The van der Waals surface area contributed by atoms with Crippen LogP contribution in [0.15, 0.2) is 40.1 Å². The first-order valence-electron chi connectivity index (χ1n) is 8.57. The zero-order valence-corrected chi connectivity index (χ0v) is 14.5. The molecule has 1 fully saturated rings.